The molecule has 0 heterocycles. The molecule has 0 fully saturated rings. The number of hydrogen-bond donors (Lipinski definition) is 0. The molecule has 0 aromatic rings. The van der Waals surface area contributed by atoms with Gasteiger partial charge in [0, 0.05) is 19.4 Å². The van der Waals surface area contributed by atoms with Gasteiger partial charge in [0.1, 0.15) is 5.78 Å². The minimum absolute atomic E-state index is 0.335. The van der Waals surface area contributed by atoms with E-state index < -0.39 is 0 Å². The van der Waals surface area contributed by atoms with Crippen LogP contribution in [0.25, 0.3) is 0 Å². The van der Waals surface area contributed by atoms with Gasteiger partial charge in [0.05, 0.1) is 6.10 Å². The first-order valence-corrected chi connectivity index (χ1v) is 4.84. The second kappa shape index (κ2) is 7.29. The molecule has 0 aliphatic carbocycles. The van der Waals surface area contributed by atoms with E-state index >= 15 is 0 Å². The highest BCUT2D eigenvalue weighted by Gasteiger charge is 2.00. The third kappa shape index (κ3) is 6.35. The van der Waals surface area contributed by atoms with E-state index in [1.54, 1.807) is 0 Å². The molecule has 0 aromatic carbocycles. The molecule has 12 heavy (non-hydrogen) atoms. The molecule has 72 valence electrons. The van der Waals surface area contributed by atoms with Crippen LogP contribution in [0.5, 0.6) is 0 Å². The zero-order valence-electron chi connectivity index (χ0n) is 8.43. The molecule has 0 aliphatic heterocycles. The van der Waals surface area contributed by atoms with Gasteiger partial charge in [0.15, 0.2) is 0 Å². The van der Waals surface area contributed by atoms with Gasteiger partial charge in [-0.15, -0.1) is 0 Å². The maximum Gasteiger partial charge on any atom is 0.132 e. The van der Waals surface area contributed by atoms with Gasteiger partial charge >= 0.3 is 0 Å². The fourth-order valence-electron chi connectivity index (χ4n) is 0.848. The Bertz CT molecular complexity index is 121. The first kappa shape index (κ1) is 11.6. The summed E-state index contributed by atoms with van der Waals surface area (Å²) in [6.45, 7) is 6.78. The maximum atomic E-state index is 10.9. The van der Waals surface area contributed by atoms with Gasteiger partial charge in [-0.25, -0.2) is 0 Å². The van der Waals surface area contributed by atoms with Crippen molar-refractivity contribution >= 4 is 5.78 Å². The predicted molar refractivity (Wildman–Crippen MR) is 50.2 cm³/mol. The quantitative estimate of drug-likeness (QED) is 0.552. The fraction of sp³-hybridized carbons (Fsp3) is 0.900. The summed E-state index contributed by atoms with van der Waals surface area (Å²) in [5.41, 5.74) is 0. The monoisotopic (exact) mass is 172 g/mol. The molecule has 1 unspecified atom stereocenters. The molecule has 0 spiro atoms. The lowest BCUT2D eigenvalue weighted by Crippen LogP contribution is -2.08. The summed E-state index contributed by atoms with van der Waals surface area (Å²) in [5, 5.41) is 0. The molecule has 0 aliphatic rings. The SMILES string of the molecule is CCC(=O)CCCOC(C)CC. The average molecular weight is 172 g/mol. The molecule has 2 nitrogen and oxygen atoms in total. The highest BCUT2D eigenvalue weighted by atomic mass is 16.5. The largest absolute Gasteiger partial charge is 0.379 e. The Hall–Kier alpha value is -0.370. The summed E-state index contributed by atoms with van der Waals surface area (Å²) in [6.07, 6.45) is 3.58. The molecule has 0 amide bonds. The Morgan fingerprint density at radius 1 is 1.42 bits per heavy atom. The van der Waals surface area contributed by atoms with Crippen molar-refractivity contribution in [3.8, 4) is 0 Å². The van der Waals surface area contributed by atoms with E-state index in [1.807, 2.05) is 6.92 Å². The predicted octanol–water partition coefficient (Wildman–Crippen LogP) is 2.56. The van der Waals surface area contributed by atoms with Crippen LogP contribution in [0.4, 0.5) is 0 Å². The van der Waals surface area contributed by atoms with Gasteiger partial charge in [-0.2, -0.15) is 0 Å². The van der Waals surface area contributed by atoms with Crippen molar-refractivity contribution in [2.24, 2.45) is 0 Å². The minimum Gasteiger partial charge on any atom is -0.379 e. The third-order valence-electron chi connectivity index (χ3n) is 1.97. The first-order valence-electron chi connectivity index (χ1n) is 4.84. The highest BCUT2D eigenvalue weighted by molar-refractivity contribution is 5.77. The number of hydrogen-bond acceptors (Lipinski definition) is 2. The van der Waals surface area contributed by atoms with Gasteiger partial charge in [0.2, 0.25) is 0 Å². The number of ether oxygens (including phenoxy) is 1. The minimum atomic E-state index is 0.335. The van der Waals surface area contributed by atoms with Crippen molar-refractivity contribution in [3.05, 3.63) is 0 Å². The topological polar surface area (TPSA) is 26.3 Å². The van der Waals surface area contributed by atoms with Crippen molar-refractivity contribution in [2.45, 2.75) is 52.6 Å². The molecule has 0 rings (SSSR count). The number of carbonyl (C=O) groups is 1. The molecule has 0 saturated carbocycles. The summed E-state index contributed by atoms with van der Waals surface area (Å²) in [7, 11) is 0. The maximum absolute atomic E-state index is 10.9. The van der Waals surface area contributed by atoms with Crippen LogP contribution >= 0.6 is 0 Å². The Labute approximate surface area is 75.3 Å². The molecule has 0 radical (unpaired) electrons. The zero-order valence-corrected chi connectivity index (χ0v) is 8.43. The molecule has 0 aromatic heterocycles. The van der Waals surface area contributed by atoms with E-state index in [9.17, 15) is 4.79 Å². The summed E-state index contributed by atoms with van der Waals surface area (Å²) in [4.78, 5) is 10.9. The van der Waals surface area contributed by atoms with Crippen LogP contribution < -0.4 is 0 Å². The highest BCUT2D eigenvalue weighted by Crippen LogP contribution is 2.00. The van der Waals surface area contributed by atoms with Gasteiger partial charge in [0.25, 0.3) is 0 Å². The van der Waals surface area contributed by atoms with Gasteiger partial charge < -0.3 is 4.74 Å². The van der Waals surface area contributed by atoms with E-state index in [-0.39, 0.29) is 0 Å². The van der Waals surface area contributed by atoms with Gasteiger partial charge in [-0.1, -0.05) is 13.8 Å². The normalized spacial score (nSPS) is 12.9. The van der Waals surface area contributed by atoms with E-state index in [0.29, 0.717) is 24.7 Å². The van der Waals surface area contributed by atoms with Crippen molar-refractivity contribution in [3.63, 3.8) is 0 Å². The smallest absolute Gasteiger partial charge is 0.132 e. The molecule has 0 saturated heterocycles. The Morgan fingerprint density at radius 2 is 2.08 bits per heavy atom. The molecular weight excluding hydrogens is 152 g/mol. The van der Waals surface area contributed by atoms with Gasteiger partial charge in [-0.3, -0.25) is 4.79 Å². The van der Waals surface area contributed by atoms with Crippen LogP contribution in [-0.2, 0) is 9.53 Å². The fourth-order valence-corrected chi connectivity index (χ4v) is 0.848. The van der Waals surface area contributed by atoms with E-state index in [1.165, 1.54) is 0 Å². The number of Topliss-reactive ketones (excluding diaryl/α,β-unsaturated/α-hetero) is 1. The Balaban J connectivity index is 3.15. The van der Waals surface area contributed by atoms with E-state index in [2.05, 4.69) is 13.8 Å². The van der Waals surface area contributed by atoms with Crippen molar-refractivity contribution in [2.75, 3.05) is 6.61 Å². The molecule has 1 atom stereocenters. The van der Waals surface area contributed by atoms with Crippen LogP contribution in [0.2, 0.25) is 0 Å². The summed E-state index contributed by atoms with van der Waals surface area (Å²) >= 11 is 0. The molecule has 2 heteroatoms. The van der Waals surface area contributed by atoms with Crippen LogP contribution in [0.15, 0.2) is 0 Å². The lowest BCUT2D eigenvalue weighted by atomic mass is 10.2. The molecule has 0 N–H and O–H groups in total. The lowest BCUT2D eigenvalue weighted by molar-refractivity contribution is -0.119. The van der Waals surface area contributed by atoms with E-state index in [0.717, 1.165) is 19.4 Å². The Morgan fingerprint density at radius 3 is 2.58 bits per heavy atom. The number of ketones is 1. The zero-order chi connectivity index (χ0) is 9.40. The van der Waals surface area contributed by atoms with Gasteiger partial charge in [-0.05, 0) is 19.8 Å². The second-order valence-corrected chi connectivity index (χ2v) is 3.09. The average Bonchev–Trinajstić information content (AvgIpc) is 2.11. The van der Waals surface area contributed by atoms with Crippen molar-refractivity contribution in [1.29, 1.82) is 0 Å². The molecular formula is C10H20O2. The molecule has 0 bridgehead atoms. The van der Waals surface area contributed by atoms with E-state index in [4.69, 9.17) is 4.74 Å². The standard InChI is InChI=1S/C10H20O2/c1-4-9(3)12-8-6-7-10(11)5-2/h9H,4-8H2,1-3H3. The second-order valence-electron chi connectivity index (χ2n) is 3.09. The summed E-state index contributed by atoms with van der Waals surface area (Å²) in [6, 6.07) is 0. The number of carbonyl (C=O) groups excluding carboxylic acids is 1. The Kier molecular flexibility index (Phi) is 7.06. The van der Waals surface area contributed by atoms with Crippen molar-refractivity contribution in [1.82, 2.24) is 0 Å². The van der Waals surface area contributed by atoms with Crippen molar-refractivity contribution < 1.29 is 9.53 Å². The number of rotatable bonds is 7. The van der Waals surface area contributed by atoms with Crippen LogP contribution in [-0.4, -0.2) is 18.5 Å². The summed E-state index contributed by atoms with van der Waals surface area (Å²) < 4.78 is 5.43. The van der Waals surface area contributed by atoms with Crippen LogP contribution in [0.3, 0.4) is 0 Å². The summed E-state index contributed by atoms with van der Waals surface area (Å²) in [5.74, 6) is 0.336. The lowest BCUT2D eigenvalue weighted by Gasteiger charge is -2.09. The van der Waals surface area contributed by atoms with Crippen LogP contribution in [0, 0.1) is 0 Å². The third-order valence-corrected chi connectivity index (χ3v) is 1.97. The van der Waals surface area contributed by atoms with Crippen LogP contribution in [0.1, 0.15) is 46.5 Å². The first-order chi connectivity index (χ1) is 5.70.